The molecule has 0 aliphatic heterocycles. The molecule has 0 aromatic heterocycles. The summed E-state index contributed by atoms with van der Waals surface area (Å²) in [5.74, 6) is -0.538. The summed E-state index contributed by atoms with van der Waals surface area (Å²) in [4.78, 5) is 0. The van der Waals surface area contributed by atoms with Crippen molar-refractivity contribution in [2.24, 2.45) is 23.0 Å². The van der Waals surface area contributed by atoms with Gasteiger partial charge in [0.2, 0.25) is 0 Å². The Morgan fingerprint density at radius 2 is 1.85 bits per heavy atom. The Balaban J connectivity index is 2.08. The summed E-state index contributed by atoms with van der Waals surface area (Å²) in [6.45, 7) is 6.80. The van der Waals surface area contributed by atoms with Gasteiger partial charge in [0.1, 0.15) is 0 Å². The maximum absolute atomic E-state index is 13.3. The highest BCUT2D eigenvalue weighted by Crippen LogP contribution is 2.40. The second-order valence-corrected chi connectivity index (χ2v) is 7.25. The standard InChI is InChI=1S/C17H25F2N/c1-17(2,3)13-5-7-16(20)12(10-13)8-11-4-6-14(18)15(19)9-11/h4,6,9,12-13,16H,5,7-8,10,20H2,1-3H3. The molecule has 1 aromatic rings. The number of halogens is 2. The van der Waals surface area contributed by atoms with Gasteiger partial charge < -0.3 is 5.73 Å². The number of nitrogens with two attached hydrogens (primary N) is 1. The molecule has 2 rings (SSSR count). The second-order valence-electron chi connectivity index (χ2n) is 7.25. The fourth-order valence-electron chi connectivity index (χ4n) is 3.28. The van der Waals surface area contributed by atoms with E-state index in [0.29, 0.717) is 11.8 Å². The predicted octanol–water partition coefficient (Wildman–Crippen LogP) is 4.30. The number of hydrogen-bond acceptors (Lipinski definition) is 1. The third-order valence-corrected chi connectivity index (χ3v) is 4.75. The summed E-state index contributed by atoms with van der Waals surface area (Å²) in [6.07, 6.45) is 4.00. The number of hydrogen-bond donors (Lipinski definition) is 1. The molecule has 0 amide bonds. The lowest BCUT2D eigenvalue weighted by atomic mass is 9.66. The SMILES string of the molecule is CC(C)(C)C1CCC(N)C(Cc2ccc(F)c(F)c2)C1. The Hall–Kier alpha value is -0.960. The van der Waals surface area contributed by atoms with Gasteiger partial charge in [0.25, 0.3) is 0 Å². The van der Waals surface area contributed by atoms with E-state index in [-0.39, 0.29) is 11.5 Å². The van der Waals surface area contributed by atoms with E-state index in [1.54, 1.807) is 6.07 Å². The molecule has 112 valence electrons. The van der Waals surface area contributed by atoms with Crippen LogP contribution in [0.25, 0.3) is 0 Å². The van der Waals surface area contributed by atoms with Gasteiger partial charge in [0.15, 0.2) is 11.6 Å². The summed E-state index contributed by atoms with van der Waals surface area (Å²) < 4.78 is 26.3. The lowest BCUT2D eigenvalue weighted by molar-refractivity contribution is 0.126. The van der Waals surface area contributed by atoms with Crippen LogP contribution < -0.4 is 5.73 Å². The van der Waals surface area contributed by atoms with Crippen LogP contribution >= 0.6 is 0 Å². The first kappa shape index (κ1) is 15.4. The molecule has 2 N–H and O–H groups in total. The highest BCUT2D eigenvalue weighted by atomic mass is 19.2. The van der Waals surface area contributed by atoms with Gasteiger partial charge in [-0.05, 0) is 60.6 Å². The largest absolute Gasteiger partial charge is 0.327 e. The molecule has 1 fully saturated rings. The van der Waals surface area contributed by atoms with Crippen molar-refractivity contribution < 1.29 is 8.78 Å². The van der Waals surface area contributed by atoms with Gasteiger partial charge in [-0.25, -0.2) is 8.78 Å². The zero-order valence-corrected chi connectivity index (χ0v) is 12.6. The van der Waals surface area contributed by atoms with Gasteiger partial charge in [-0.3, -0.25) is 0 Å². The Labute approximate surface area is 120 Å². The Morgan fingerprint density at radius 1 is 1.15 bits per heavy atom. The highest BCUT2D eigenvalue weighted by Gasteiger charge is 2.34. The summed E-state index contributed by atoms with van der Waals surface area (Å²) in [6, 6.07) is 4.36. The first-order valence-corrected chi connectivity index (χ1v) is 7.47. The van der Waals surface area contributed by atoms with Crippen molar-refractivity contribution in [2.45, 2.75) is 52.5 Å². The molecule has 3 atom stereocenters. The average molecular weight is 281 g/mol. The van der Waals surface area contributed by atoms with E-state index in [2.05, 4.69) is 20.8 Å². The van der Waals surface area contributed by atoms with Crippen molar-refractivity contribution >= 4 is 0 Å². The molecule has 0 radical (unpaired) electrons. The third kappa shape index (κ3) is 3.57. The highest BCUT2D eigenvalue weighted by molar-refractivity contribution is 5.18. The van der Waals surface area contributed by atoms with E-state index in [1.165, 1.54) is 18.6 Å². The maximum atomic E-state index is 13.3. The summed E-state index contributed by atoms with van der Waals surface area (Å²) in [5, 5.41) is 0. The average Bonchev–Trinajstić information content (AvgIpc) is 2.35. The fraction of sp³-hybridized carbons (Fsp3) is 0.647. The van der Waals surface area contributed by atoms with Crippen LogP contribution in [0.5, 0.6) is 0 Å². The van der Waals surface area contributed by atoms with Crippen LogP contribution in [0.2, 0.25) is 0 Å². The van der Waals surface area contributed by atoms with Crippen molar-refractivity contribution in [3.63, 3.8) is 0 Å². The normalized spacial score (nSPS) is 27.6. The Morgan fingerprint density at radius 3 is 2.45 bits per heavy atom. The van der Waals surface area contributed by atoms with E-state index in [1.807, 2.05) is 0 Å². The zero-order valence-electron chi connectivity index (χ0n) is 12.6. The summed E-state index contributed by atoms with van der Waals surface area (Å²) >= 11 is 0. The lowest BCUT2D eigenvalue weighted by Crippen LogP contribution is -2.40. The topological polar surface area (TPSA) is 26.0 Å². The maximum Gasteiger partial charge on any atom is 0.159 e. The smallest absolute Gasteiger partial charge is 0.159 e. The Kier molecular flexibility index (Phi) is 4.48. The second kappa shape index (κ2) is 5.80. The third-order valence-electron chi connectivity index (χ3n) is 4.75. The molecule has 1 aromatic carbocycles. The zero-order chi connectivity index (χ0) is 14.9. The summed E-state index contributed by atoms with van der Waals surface area (Å²) in [7, 11) is 0. The van der Waals surface area contributed by atoms with Crippen molar-refractivity contribution in [1.82, 2.24) is 0 Å². The molecule has 0 saturated heterocycles. The van der Waals surface area contributed by atoms with Gasteiger partial charge in [-0.15, -0.1) is 0 Å². The molecule has 20 heavy (non-hydrogen) atoms. The number of rotatable bonds is 2. The fourth-order valence-corrected chi connectivity index (χ4v) is 3.28. The molecule has 1 aliphatic carbocycles. The number of benzene rings is 1. The minimum atomic E-state index is -0.783. The Bertz CT molecular complexity index is 465. The first-order chi connectivity index (χ1) is 9.27. The van der Waals surface area contributed by atoms with Crippen LogP contribution in [0.1, 0.15) is 45.6 Å². The van der Waals surface area contributed by atoms with E-state index in [0.717, 1.165) is 24.8 Å². The molecule has 0 bridgehead atoms. The van der Waals surface area contributed by atoms with Crippen LogP contribution in [-0.4, -0.2) is 6.04 Å². The molecular weight excluding hydrogens is 256 g/mol. The van der Waals surface area contributed by atoms with E-state index in [4.69, 9.17) is 5.73 Å². The van der Waals surface area contributed by atoms with Crippen LogP contribution in [0.15, 0.2) is 18.2 Å². The molecule has 1 nitrogen and oxygen atoms in total. The van der Waals surface area contributed by atoms with Crippen LogP contribution in [-0.2, 0) is 6.42 Å². The molecule has 1 saturated carbocycles. The molecule has 0 heterocycles. The quantitative estimate of drug-likeness (QED) is 0.859. The van der Waals surface area contributed by atoms with Crippen molar-refractivity contribution in [3.8, 4) is 0 Å². The molecule has 3 unspecified atom stereocenters. The minimum absolute atomic E-state index is 0.168. The minimum Gasteiger partial charge on any atom is -0.327 e. The first-order valence-electron chi connectivity index (χ1n) is 7.47. The van der Waals surface area contributed by atoms with Gasteiger partial charge in [0.05, 0.1) is 0 Å². The van der Waals surface area contributed by atoms with Crippen molar-refractivity contribution in [2.75, 3.05) is 0 Å². The van der Waals surface area contributed by atoms with E-state index < -0.39 is 11.6 Å². The van der Waals surface area contributed by atoms with E-state index in [9.17, 15) is 8.78 Å². The molecular formula is C17H25F2N. The van der Waals surface area contributed by atoms with Crippen molar-refractivity contribution in [3.05, 3.63) is 35.4 Å². The van der Waals surface area contributed by atoms with Crippen LogP contribution in [0.4, 0.5) is 8.78 Å². The van der Waals surface area contributed by atoms with E-state index >= 15 is 0 Å². The van der Waals surface area contributed by atoms with Gasteiger partial charge in [0, 0.05) is 6.04 Å². The predicted molar refractivity (Wildman–Crippen MR) is 78.3 cm³/mol. The van der Waals surface area contributed by atoms with Gasteiger partial charge >= 0.3 is 0 Å². The van der Waals surface area contributed by atoms with Crippen LogP contribution in [0.3, 0.4) is 0 Å². The summed E-state index contributed by atoms with van der Waals surface area (Å²) in [5.41, 5.74) is 7.36. The monoisotopic (exact) mass is 281 g/mol. The molecule has 1 aliphatic rings. The van der Waals surface area contributed by atoms with Crippen LogP contribution in [0, 0.1) is 28.9 Å². The lowest BCUT2D eigenvalue weighted by Gasteiger charge is -2.40. The molecule has 3 heteroatoms. The van der Waals surface area contributed by atoms with Gasteiger partial charge in [-0.1, -0.05) is 26.8 Å². The molecule has 0 spiro atoms. The van der Waals surface area contributed by atoms with Crippen molar-refractivity contribution in [1.29, 1.82) is 0 Å². The van der Waals surface area contributed by atoms with Gasteiger partial charge in [-0.2, -0.15) is 0 Å².